The van der Waals surface area contributed by atoms with Crippen LogP contribution in [0.3, 0.4) is 0 Å². The second-order valence-corrected chi connectivity index (χ2v) is 5.66. The summed E-state index contributed by atoms with van der Waals surface area (Å²) in [6, 6.07) is 6.38. The van der Waals surface area contributed by atoms with E-state index in [4.69, 9.17) is 9.47 Å². The molecule has 0 aliphatic heterocycles. The van der Waals surface area contributed by atoms with Crippen LogP contribution in [0.5, 0.6) is 5.75 Å². The fraction of sp³-hybridized carbons (Fsp3) is 0.500. The van der Waals surface area contributed by atoms with E-state index < -0.39 is 17.7 Å². The number of amides is 1. The van der Waals surface area contributed by atoms with Crippen molar-refractivity contribution < 1.29 is 19.1 Å². The number of hydrogen-bond acceptors (Lipinski definition) is 4. The second kappa shape index (κ2) is 7.11. The first-order chi connectivity index (χ1) is 9.82. The third-order valence-corrected chi connectivity index (χ3v) is 2.85. The largest absolute Gasteiger partial charge is 0.497 e. The predicted octanol–water partition coefficient (Wildman–Crippen LogP) is 3.41. The molecule has 0 saturated heterocycles. The Morgan fingerprint density at radius 2 is 1.86 bits per heavy atom. The van der Waals surface area contributed by atoms with Crippen LogP contribution in [0, 0.1) is 0 Å². The van der Waals surface area contributed by atoms with Crippen molar-refractivity contribution >= 4 is 18.1 Å². The van der Waals surface area contributed by atoms with Crippen molar-refractivity contribution in [3.05, 3.63) is 24.3 Å². The highest BCUT2D eigenvalue weighted by molar-refractivity contribution is 5.92. The molecule has 0 radical (unpaired) electrons. The number of carbonyl (C=O) groups excluding carboxylic acids is 2. The van der Waals surface area contributed by atoms with Crippen molar-refractivity contribution in [3.8, 4) is 5.75 Å². The minimum Gasteiger partial charge on any atom is -0.497 e. The first-order valence-corrected chi connectivity index (χ1v) is 6.94. The molecule has 1 rings (SSSR count). The number of anilines is 1. The molecule has 0 saturated carbocycles. The SMILES string of the molecule is CCC(C=O)N(C(=O)OC(C)(C)C)c1ccc(OC)cc1. The second-order valence-electron chi connectivity index (χ2n) is 5.66. The first-order valence-electron chi connectivity index (χ1n) is 6.94. The molecule has 0 aliphatic rings. The fourth-order valence-corrected chi connectivity index (χ4v) is 1.83. The average Bonchev–Trinajstić information content (AvgIpc) is 2.42. The van der Waals surface area contributed by atoms with Crippen LogP contribution in [-0.4, -0.2) is 31.1 Å². The quantitative estimate of drug-likeness (QED) is 0.781. The van der Waals surface area contributed by atoms with Crippen molar-refractivity contribution in [1.82, 2.24) is 0 Å². The molecule has 0 bridgehead atoms. The number of rotatable bonds is 5. The van der Waals surface area contributed by atoms with Crippen molar-refractivity contribution in [2.45, 2.75) is 45.8 Å². The van der Waals surface area contributed by atoms with Crippen LogP contribution in [0.4, 0.5) is 10.5 Å². The number of aldehydes is 1. The lowest BCUT2D eigenvalue weighted by molar-refractivity contribution is -0.109. The maximum Gasteiger partial charge on any atom is 0.415 e. The molecule has 5 nitrogen and oxygen atoms in total. The van der Waals surface area contributed by atoms with Gasteiger partial charge >= 0.3 is 6.09 Å². The highest BCUT2D eigenvalue weighted by Crippen LogP contribution is 2.24. The Labute approximate surface area is 125 Å². The van der Waals surface area contributed by atoms with E-state index in [0.29, 0.717) is 17.9 Å². The van der Waals surface area contributed by atoms with Crippen molar-refractivity contribution in [3.63, 3.8) is 0 Å². The molecule has 5 heteroatoms. The zero-order valence-corrected chi connectivity index (χ0v) is 13.3. The molecule has 1 unspecified atom stereocenters. The highest BCUT2D eigenvalue weighted by Gasteiger charge is 2.28. The normalized spacial score (nSPS) is 12.4. The Morgan fingerprint density at radius 3 is 2.24 bits per heavy atom. The van der Waals surface area contributed by atoms with Gasteiger partial charge in [-0.25, -0.2) is 4.79 Å². The van der Waals surface area contributed by atoms with E-state index in [1.807, 2.05) is 6.92 Å². The van der Waals surface area contributed by atoms with E-state index in [0.717, 1.165) is 6.29 Å². The molecule has 1 amide bonds. The maximum absolute atomic E-state index is 12.4. The molecule has 116 valence electrons. The number of nitrogens with zero attached hydrogens (tertiary/aromatic N) is 1. The van der Waals surface area contributed by atoms with Gasteiger partial charge < -0.3 is 14.3 Å². The summed E-state index contributed by atoms with van der Waals surface area (Å²) < 4.78 is 10.5. The van der Waals surface area contributed by atoms with Crippen LogP contribution in [0.15, 0.2) is 24.3 Å². The van der Waals surface area contributed by atoms with Crippen LogP contribution >= 0.6 is 0 Å². The Kier molecular flexibility index (Phi) is 5.76. The predicted molar refractivity (Wildman–Crippen MR) is 81.9 cm³/mol. The van der Waals surface area contributed by atoms with Crippen LogP contribution in [0.25, 0.3) is 0 Å². The summed E-state index contributed by atoms with van der Waals surface area (Å²) in [4.78, 5) is 25.0. The molecule has 0 aromatic heterocycles. The van der Waals surface area contributed by atoms with E-state index in [9.17, 15) is 9.59 Å². The van der Waals surface area contributed by atoms with E-state index in [1.165, 1.54) is 4.90 Å². The van der Waals surface area contributed by atoms with E-state index in [1.54, 1.807) is 52.1 Å². The van der Waals surface area contributed by atoms with Crippen molar-refractivity contribution in [2.24, 2.45) is 0 Å². The van der Waals surface area contributed by atoms with E-state index in [2.05, 4.69) is 0 Å². The van der Waals surface area contributed by atoms with Crippen LogP contribution in [0.2, 0.25) is 0 Å². The number of hydrogen-bond donors (Lipinski definition) is 0. The van der Waals surface area contributed by atoms with Gasteiger partial charge in [-0.15, -0.1) is 0 Å². The molecular weight excluding hydrogens is 270 g/mol. The van der Waals surface area contributed by atoms with Crippen molar-refractivity contribution in [1.29, 1.82) is 0 Å². The van der Waals surface area contributed by atoms with Gasteiger partial charge in [-0.2, -0.15) is 0 Å². The summed E-state index contributed by atoms with van der Waals surface area (Å²) in [5.41, 5.74) is -0.0211. The molecule has 1 atom stereocenters. The standard InChI is InChI=1S/C16H23NO4/c1-6-12(11-18)17(15(19)21-16(2,3)4)13-7-9-14(20-5)10-8-13/h7-12H,6H2,1-5H3. The molecule has 0 N–H and O–H groups in total. The highest BCUT2D eigenvalue weighted by atomic mass is 16.6. The topological polar surface area (TPSA) is 55.8 Å². The molecule has 0 fully saturated rings. The summed E-state index contributed by atoms with van der Waals surface area (Å²) >= 11 is 0. The van der Waals surface area contributed by atoms with Gasteiger partial charge in [0, 0.05) is 5.69 Å². The summed E-state index contributed by atoms with van der Waals surface area (Å²) in [5, 5.41) is 0. The Morgan fingerprint density at radius 1 is 1.29 bits per heavy atom. The lowest BCUT2D eigenvalue weighted by Crippen LogP contribution is -2.44. The van der Waals surface area contributed by atoms with Crippen LogP contribution < -0.4 is 9.64 Å². The molecular formula is C16H23NO4. The van der Waals surface area contributed by atoms with E-state index >= 15 is 0 Å². The lowest BCUT2D eigenvalue weighted by Gasteiger charge is -2.30. The molecule has 1 aromatic rings. The minimum atomic E-state index is -0.622. The summed E-state index contributed by atoms with van der Waals surface area (Å²) in [5.74, 6) is 0.682. The zero-order valence-electron chi connectivity index (χ0n) is 13.3. The number of methoxy groups -OCH3 is 1. The number of ether oxygens (including phenoxy) is 2. The summed E-state index contributed by atoms with van der Waals surface area (Å²) in [6.45, 7) is 7.22. The summed E-state index contributed by atoms with van der Waals surface area (Å²) in [7, 11) is 1.57. The van der Waals surface area contributed by atoms with E-state index in [-0.39, 0.29) is 0 Å². The lowest BCUT2D eigenvalue weighted by atomic mass is 10.1. The first kappa shape index (κ1) is 17.0. The maximum atomic E-state index is 12.4. The third kappa shape index (κ3) is 4.77. The van der Waals surface area contributed by atoms with Gasteiger partial charge in [-0.3, -0.25) is 4.90 Å². The van der Waals surface area contributed by atoms with Gasteiger partial charge in [0.25, 0.3) is 0 Å². The van der Waals surface area contributed by atoms with Crippen LogP contribution in [0.1, 0.15) is 34.1 Å². The summed E-state index contributed by atoms with van der Waals surface area (Å²) in [6.07, 6.45) is 0.731. The smallest absolute Gasteiger partial charge is 0.415 e. The van der Waals surface area contributed by atoms with Gasteiger partial charge in [0.2, 0.25) is 0 Å². The van der Waals surface area contributed by atoms with Crippen molar-refractivity contribution in [2.75, 3.05) is 12.0 Å². The molecule has 0 spiro atoms. The Balaban J connectivity index is 3.11. The average molecular weight is 293 g/mol. The fourth-order valence-electron chi connectivity index (χ4n) is 1.83. The number of benzene rings is 1. The third-order valence-electron chi connectivity index (χ3n) is 2.85. The molecule has 0 heterocycles. The molecule has 21 heavy (non-hydrogen) atoms. The molecule has 1 aromatic carbocycles. The van der Waals surface area contributed by atoms with Gasteiger partial charge in [0.05, 0.1) is 13.2 Å². The zero-order chi connectivity index (χ0) is 16.0. The molecule has 0 aliphatic carbocycles. The Bertz CT molecular complexity index is 476. The number of carbonyl (C=O) groups is 2. The van der Waals surface area contributed by atoms with Gasteiger partial charge in [-0.1, -0.05) is 6.92 Å². The van der Waals surface area contributed by atoms with Gasteiger partial charge in [0.1, 0.15) is 17.6 Å². The monoisotopic (exact) mass is 293 g/mol. The Hall–Kier alpha value is -2.04. The van der Waals surface area contributed by atoms with Gasteiger partial charge in [-0.05, 0) is 51.5 Å². The minimum absolute atomic E-state index is 0.509. The van der Waals surface area contributed by atoms with Gasteiger partial charge in [0.15, 0.2) is 0 Å². The van der Waals surface area contributed by atoms with Crippen LogP contribution in [-0.2, 0) is 9.53 Å².